The van der Waals surface area contributed by atoms with Gasteiger partial charge < -0.3 is 18.6 Å². The summed E-state index contributed by atoms with van der Waals surface area (Å²) in [4.78, 5) is 23.0. The molecule has 0 aliphatic carbocycles. The van der Waals surface area contributed by atoms with E-state index in [0.29, 0.717) is 6.07 Å². The molecular formula is C10H8F3NO7S. The fraction of sp³-hybridized carbons (Fsp3) is 0.400. The highest BCUT2D eigenvalue weighted by molar-refractivity contribution is 7.88. The van der Waals surface area contributed by atoms with Gasteiger partial charge in [0.1, 0.15) is 5.76 Å². The highest BCUT2D eigenvalue weighted by atomic mass is 32.2. The molecule has 1 aliphatic rings. The number of amides is 1. The second-order valence-corrected chi connectivity index (χ2v) is 5.81. The fourth-order valence-corrected chi connectivity index (χ4v) is 2.30. The summed E-state index contributed by atoms with van der Waals surface area (Å²) in [5.74, 6) is -1.01. The molecular weight excluding hydrogens is 335 g/mol. The summed E-state index contributed by atoms with van der Waals surface area (Å²) in [6.07, 6.45) is -1.46. The van der Waals surface area contributed by atoms with E-state index in [1.165, 1.54) is 0 Å². The molecule has 2 rings (SSSR count). The van der Waals surface area contributed by atoms with Crippen LogP contribution < -0.4 is 9.81 Å². The molecule has 0 saturated heterocycles. The molecule has 0 radical (unpaired) electrons. The SMILES string of the molecule is O=C(O)N1CCc2oc(=O)cc(OS(=O)(=O)C(F)(F)F)c2C1. The summed E-state index contributed by atoms with van der Waals surface area (Å²) in [6, 6.07) is 0.424. The van der Waals surface area contributed by atoms with Crippen molar-refractivity contribution in [1.82, 2.24) is 4.90 Å². The second-order valence-electron chi connectivity index (χ2n) is 4.27. The van der Waals surface area contributed by atoms with E-state index in [1.807, 2.05) is 0 Å². The molecule has 1 amide bonds. The van der Waals surface area contributed by atoms with E-state index in [1.54, 1.807) is 0 Å². The lowest BCUT2D eigenvalue weighted by Gasteiger charge is -2.26. The molecule has 12 heteroatoms. The van der Waals surface area contributed by atoms with Crippen LogP contribution in [0.2, 0.25) is 0 Å². The van der Waals surface area contributed by atoms with Gasteiger partial charge in [-0.2, -0.15) is 21.6 Å². The Kier molecular flexibility index (Phi) is 3.81. The molecule has 0 unspecified atom stereocenters. The largest absolute Gasteiger partial charge is 0.534 e. The van der Waals surface area contributed by atoms with Crippen LogP contribution in [0.1, 0.15) is 11.3 Å². The van der Waals surface area contributed by atoms with Gasteiger partial charge >= 0.3 is 27.3 Å². The molecule has 122 valence electrons. The van der Waals surface area contributed by atoms with Gasteiger partial charge in [-0.25, -0.2) is 9.59 Å². The average Bonchev–Trinajstić information content (AvgIpc) is 2.36. The minimum atomic E-state index is -5.99. The molecule has 1 aromatic heterocycles. The van der Waals surface area contributed by atoms with Gasteiger partial charge in [0.2, 0.25) is 0 Å². The summed E-state index contributed by atoms with van der Waals surface area (Å²) in [5.41, 5.74) is -7.02. The number of hydrogen-bond donors (Lipinski definition) is 1. The van der Waals surface area contributed by atoms with E-state index >= 15 is 0 Å². The smallest absolute Gasteiger partial charge is 0.465 e. The minimum Gasteiger partial charge on any atom is -0.465 e. The predicted molar refractivity (Wildman–Crippen MR) is 62.7 cm³/mol. The van der Waals surface area contributed by atoms with E-state index in [9.17, 15) is 31.2 Å². The third kappa shape index (κ3) is 3.00. The average molecular weight is 343 g/mol. The van der Waals surface area contributed by atoms with Crippen LogP contribution in [0.25, 0.3) is 0 Å². The van der Waals surface area contributed by atoms with Crippen LogP contribution in [0.3, 0.4) is 0 Å². The lowest BCUT2D eigenvalue weighted by molar-refractivity contribution is -0.0500. The Hall–Kier alpha value is -2.24. The molecule has 22 heavy (non-hydrogen) atoms. The van der Waals surface area contributed by atoms with Crippen LogP contribution in [0, 0.1) is 0 Å². The van der Waals surface area contributed by atoms with E-state index in [4.69, 9.17) is 9.52 Å². The van der Waals surface area contributed by atoms with Crippen LogP contribution in [0.15, 0.2) is 15.3 Å². The van der Waals surface area contributed by atoms with E-state index in [2.05, 4.69) is 4.18 Å². The number of halogens is 3. The minimum absolute atomic E-state index is 0.0548. The zero-order valence-corrected chi connectivity index (χ0v) is 11.4. The quantitative estimate of drug-likeness (QED) is 0.627. The maximum Gasteiger partial charge on any atom is 0.534 e. The number of rotatable bonds is 2. The molecule has 1 aromatic rings. The lowest BCUT2D eigenvalue weighted by atomic mass is 10.1. The first kappa shape index (κ1) is 16.1. The van der Waals surface area contributed by atoms with Crippen molar-refractivity contribution in [3.8, 4) is 5.75 Å². The molecule has 1 N–H and O–H groups in total. The highest BCUT2D eigenvalue weighted by Crippen LogP contribution is 2.31. The third-order valence-electron chi connectivity index (χ3n) is 2.82. The molecule has 2 heterocycles. The topological polar surface area (TPSA) is 114 Å². The van der Waals surface area contributed by atoms with Crippen molar-refractivity contribution in [3.05, 3.63) is 27.8 Å². The van der Waals surface area contributed by atoms with Crippen molar-refractivity contribution in [1.29, 1.82) is 0 Å². The van der Waals surface area contributed by atoms with Crippen molar-refractivity contribution in [2.24, 2.45) is 0 Å². The molecule has 1 aliphatic heterocycles. The zero-order chi connectivity index (χ0) is 16.7. The zero-order valence-electron chi connectivity index (χ0n) is 10.6. The van der Waals surface area contributed by atoms with Crippen LogP contribution in [-0.4, -0.2) is 36.6 Å². The Bertz CT molecular complexity index is 768. The fourth-order valence-electron chi connectivity index (χ4n) is 1.82. The molecule has 0 aromatic carbocycles. The first-order valence-corrected chi connectivity index (χ1v) is 7.06. The van der Waals surface area contributed by atoms with Gasteiger partial charge in [-0.15, -0.1) is 0 Å². The molecule has 0 saturated carbocycles. The lowest BCUT2D eigenvalue weighted by Crippen LogP contribution is -2.36. The van der Waals surface area contributed by atoms with Crippen LogP contribution in [0.4, 0.5) is 18.0 Å². The molecule has 0 spiro atoms. The molecule has 0 atom stereocenters. The van der Waals surface area contributed by atoms with Crippen LogP contribution in [0.5, 0.6) is 5.75 Å². The first-order valence-electron chi connectivity index (χ1n) is 5.66. The van der Waals surface area contributed by atoms with Gasteiger partial charge in [-0.1, -0.05) is 0 Å². The van der Waals surface area contributed by atoms with Gasteiger partial charge in [0.05, 0.1) is 18.2 Å². The van der Waals surface area contributed by atoms with Crippen molar-refractivity contribution in [2.45, 2.75) is 18.5 Å². The first-order chi connectivity index (χ1) is 10.0. The Labute approximate surface area is 120 Å². The normalized spacial score (nSPS) is 15.3. The Morgan fingerprint density at radius 3 is 2.59 bits per heavy atom. The Balaban J connectivity index is 2.48. The highest BCUT2D eigenvalue weighted by Gasteiger charge is 2.49. The van der Waals surface area contributed by atoms with Gasteiger partial charge in [0.15, 0.2) is 5.75 Å². The predicted octanol–water partition coefficient (Wildman–Crippen LogP) is 0.904. The van der Waals surface area contributed by atoms with E-state index in [0.717, 1.165) is 4.90 Å². The van der Waals surface area contributed by atoms with Crippen molar-refractivity contribution >= 4 is 16.2 Å². The summed E-state index contributed by atoms with van der Waals surface area (Å²) in [7, 11) is -5.99. The summed E-state index contributed by atoms with van der Waals surface area (Å²) < 4.78 is 67.7. The summed E-state index contributed by atoms with van der Waals surface area (Å²) in [5, 5.41) is 8.87. The second kappa shape index (κ2) is 5.19. The van der Waals surface area contributed by atoms with Gasteiger partial charge in [0, 0.05) is 13.0 Å². The van der Waals surface area contributed by atoms with Crippen molar-refractivity contribution in [3.63, 3.8) is 0 Å². The van der Waals surface area contributed by atoms with Gasteiger partial charge in [0.25, 0.3) is 0 Å². The third-order valence-corrected chi connectivity index (χ3v) is 3.78. The monoisotopic (exact) mass is 343 g/mol. The number of alkyl halides is 3. The number of carboxylic acid groups (broad SMARTS) is 1. The molecule has 8 nitrogen and oxygen atoms in total. The molecule has 0 fully saturated rings. The Morgan fingerprint density at radius 1 is 1.41 bits per heavy atom. The van der Waals surface area contributed by atoms with Crippen molar-refractivity contribution in [2.75, 3.05) is 6.54 Å². The van der Waals surface area contributed by atoms with Crippen LogP contribution in [-0.2, 0) is 23.1 Å². The van der Waals surface area contributed by atoms with Crippen molar-refractivity contribution < 1.29 is 40.1 Å². The molecule has 0 bridgehead atoms. The number of hydrogen-bond acceptors (Lipinski definition) is 6. The maximum absolute atomic E-state index is 12.3. The Morgan fingerprint density at radius 2 is 2.05 bits per heavy atom. The van der Waals surface area contributed by atoms with Gasteiger partial charge in [-0.3, -0.25) is 0 Å². The van der Waals surface area contributed by atoms with Gasteiger partial charge in [-0.05, 0) is 0 Å². The summed E-state index contributed by atoms with van der Waals surface area (Å²) in [6.45, 7) is -0.516. The number of carbonyl (C=O) groups is 1. The standard InChI is InChI=1S/C10H8F3NO7S/c11-10(12,13)22(18,19)21-7-3-8(15)20-6-1-2-14(9(16)17)4-5(6)7/h3H,1-2,4H2,(H,16,17). The summed E-state index contributed by atoms with van der Waals surface area (Å²) >= 11 is 0. The van der Waals surface area contributed by atoms with Crippen LogP contribution >= 0.6 is 0 Å². The number of nitrogens with zero attached hydrogens (tertiary/aromatic N) is 1. The van der Waals surface area contributed by atoms with E-state index < -0.39 is 39.6 Å². The maximum atomic E-state index is 12.3. The number of fused-ring (bicyclic) bond motifs is 1. The van der Waals surface area contributed by atoms with E-state index in [-0.39, 0.29) is 24.3 Å².